The minimum atomic E-state index is 1.62. The number of aromatic amines is 1. The Balaban J connectivity index is 0.000000162. The molecule has 0 aliphatic rings. The van der Waals surface area contributed by atoms with Crippen LogP contribution < -0.4 is 0 Å². The van der Waals surface area contributed by atoms with Crippen LogP contribution in [0.2, 0.25) is 0 Å². The molecule has 38 valence electrons. The Kier molecular flexibility index (Phi) is 3.99. The number of imidazole rings is 1. The first kappa shape index (κ1) is 5.81. The van der Waals surface area contributed by atoms with E-state index in [0.29, 0.717) is 0 Å². The summed E-state index contributed by atoms with van der Waals surface area (Å²) in [5.41, 5.74) is 4.50. The van der Waals surface area contributed by atoms with Crippen LogP contribution in [-0.4, -0.2) is 9.97 Å². The Bertz CT molecular complexity index is 77.1. The number of hydrogen-bond donors (Lipinski definition) is 2. The zero-order valence-corrected chi connectivity index (χ0v) is 3.59. The summed E-state index contributed by atoms with van der Waals surface area (Å²) in [6, 6.07) is 0. The highest BCUT2D eigenvalue weighted by Crippen LogP contribution is 1.62. The average molecular weight is 99.1 g/mol. The van der Waals surface area contributed by atoms with Crippen molar-refractivity contribution < 1.29 is 0 Å². The van der Waals surface area contributed by atoms with E-state index in [-0.39, 0.29) is 0 Å². The fraction of sp³-hybridized carbons (Fsp3) is 0. The van der Waals surface area contributed by atoms with E-state index in [1.54, 1.807) is 18.7 Å². The maximum Gasteiger partial charge on any atom is 0.0919 e. The van der Waals surface area contributed by atoms with Crippen LogP contribution in [0, 0.1) is 10.5 Å². The number of nitrogens with zero attached hydrogens (tertiary/aromatic N) is 1. The SMILES string of the molecule is N=O.c1c[nH]cn1. The van der Waals surface area contributed by atoms with Crippen LogP contribution in [0.1, 0.15) is 0 Å². The van der Waals surface area contributed by atoms with E-state index >= 15 is 0 Å². The van der Waals surface area contributed by atoms with Crippen molar-refractivity contribution in [3.63, 3.8) is 0 Å². The minimum absolute atomic E-state index is 1.62. The predicted molar refractivity (Wildman–Crippen MR) is 24.7 cm³/mol. The van der Waals surface area contributed by atoms with E-state index in [1.165, 1.54) is 0 Å². The molecule has 0 bridgehead atoms. The van der Waals surface area contributed by atoms with E-state index in [2.05, 4.69) is 15.6 Å². The zero-order valence-electron chi connectivity index (χ0n) is 3.59. The molecular formula is C3H5N3O. The molecule has 1 rings (SSSR count). The molecular weight excluding hydrogens is 94.1 g/mol. The molecule has 0 fully saturated rings. The topological polar surface area (TPSA) is 69.6 Å². The molecule has 1 aromatic heterocycles. The van der Waals surface area contributed by atoms with Gasteiger partial charge in [0.2, 0.25) is 0 Å². The molecule has 1 heterocycles. The van der Waals surface area contributed by atoms with Crippen LogP contribution in [0.25, 0.3) is 0 Å². The molecule has 1 aromatic rings. The van der Waals surface area contributed by atoms with Gasteiger partial charge in [0.25, 0.3) is 0 Å². The fourth-order valence-corrected chi connectivity index (χ4v) is 0.215. The molecule has 0 aromatic carbocycles. The summed E-state index contributed by atoms with van der Waals surface area (Å²) >= 11 is 0. The summed E-state index contributed by atoms with van der Waals surface area (Å²) in [6.45, 7) is 0. The van der Waals surface area contributed by atoms with Crippen molar-refractivity contribution in [3.8, 4) is 0 Å². The molecule has 0 unspecified atom stereocenters. The monoisotopic (exact) mass is 99.0 g/mol. The Morgan fingerprint density at radius 2 is 2.29 bits per heavy atom. The van der Waals surface area contributed by atoms with Gasteiger partial charge in [-0.25, -0.2) is 4.98 Å². The molecule has 4 nitrogen and oxygen atoms in total. The third kappa shape index (κ3) is 2.62. The number of hydrogen-bond acceptors (Lipinski definition) is 3. The lowest BCUT2D eigenvalue weighted by Crippen LogP contribution is -1.44. The van der Waals surface area contributed by atoms with Gasteiger partial charge in [-0.05, 0) is 0 Å². The summed E-state index contributed by atoms with van der Waals surface area (Å²) < 4.78 is 0. The second-order valence-electron chi connectivity index (χ2n) is 0.761. The third-order valence-corrected chi connectivity index (χ3v) is 0.406. The Morgan fingerprint density at radius 1 is 1.57 bits per heavy atom. The van der Waals surface area contributed by atoms with Crippen molar-refractivity contribution in [1.29, 1.82) is 5.59 Å². The van der Waals surface area contributed by atoms with E-state index in [1.807, 2.05) is 0 Å². The van der Waals surface area contributed by atoms with Gasteiger partial charge in [0, 0.05) is 12.4 Å². The highest BCUT2D eigenvalue weighted by molar-refractivity contribution is 4.64. The molecule has 0 aliphatic carbocycles. The first-order valence-electron chi connectivity index (χ1n) is 1.63. The molecule has 7 heavy (non-hydrogen) atoms. The summed E-state index contributed by atoms with van der Waals surface area (Å²) in [4.78, 5) is 13.9. The van der Waals surface area contributed by atoms with Crippen LogP contribution in [0.4, 0.5) is 0 Å². The highest BCUT2D eigenvalue weighted by Gasteiger charge is 1.56. The molecule has 0 radical (unpaired) electrons. The summed E-state index contributed by atoms with van der Waals surface area (Å²) in [6.07, 6.45) is 5.08. The van der Waals surface area contributed by atoms with Gasteiger partial charge in [-0.15, -0.1) is 0 Å². The van der Waals surface area contributed by atoms with Crippen LogP contribution in [0.15, 0.2) is 18.7 Å². The normalized spacial score (nSPS) is 6.29. The molecule has 0 amide bonds. The van der Waals surface area contributed by atoms with Crippen molar-refractivity contribution in [2.45, 2.75) is 0 Å². The first-order chi connectivity index (χ1) is 3.50. The first-order valence-corrected chi connectivity index (χ1v) is 1.63. The summed E-state index contributed by atoms with van der Waals surface area (Å²) in [5.74, 6) is 0. The number of aromatic nitrogens is 2. The molecule has 0 aliphatic heterocycles. The molecule has 0 atom stereocenters. The number of nitroso groups, excluding NO2 is 1. The van der Waals surface area contributed by atoms with Gasteiger partial charge in [-0.2, -0.15) is 4.91 Å². The Morgan fingerprint density at radius 3 is 2.43 bits per heavy atom. The van der Waals surface area contributed by atoms with Gasteiger partial charge in [0.1, 0.15) is 0 Å². The van der Waals surface area contributed by atoms with Crippen LogP contribution in [-0.2, 0) is 0 Å². The molecule has 2 N–H and O–H groups in total. The van der Waals surface area contributed by atoms with Crippen molar-refractivity contribution >= 4 is 0 Å². The van der Waals surface area contributed by atoms with Crippen molar-refractivity contribution in [1.82, 2.24) is 9.97 Å². The maximum absolute atomic E-state index is 7.50. The molecule has 0 saturated carbocycles. The number of H-pyrrole nitrogens is 1. The van der Waals surface area contributed by atoms with E-state index in [4.69, 9.17) is 4.91 Å². The highest BCUT2D eigenvalue weighted by atomic mass is 16.2. The predicted octanol–water partition coefficient (Wildman–Crippen LogP) is 0.741. The quantitative estimate of drug-likeness (QED) is 0.471. The number of rotatable bonds is 0. The van der Waals surface area contributed by atoms with Crippen molar-refractivity contribution in [2.75, 3.05) is 0 Å². The van der Waals surface area contributed by atoms with Gasteiger partial charge in [0.15, 0.2) is 0 Å². The summed E-state index contributed by atoms with van der Waals surface area (Å²) in [7, 11) is 0. The minimum Gasteiger partial charge on any atom is -0.351 e. The molecule has 4 heteroatoms. The van der Waals surface area contributed by atoms with Gasteiger partial charge in [-0.3, -0.25) is 0 Å². The lowest BCUT2D eigenvalue weighted by Gasteiger charge is -1.46. The van der Waals surface area contributed by atoms with Crippen molar-refractivity contribution in [3.05, 3.63) is 23.6 Å². The van der Waals surface area contributed by atoms with Crippen LogP contribution >= 0.6 is 0 Å². The second kappa shape index (κ2) is 4.81. The third-order valence-electron chi connectivity index (χ3n) is 0.406. The van der Waals surface area contributed by atoms with E-state index in [0.717, 1.165) is 0 Å². The lowest BCUT2D eigenvalue weighted by atomic mass is 11.0. The van der Waals surface area contributed by atoms with Gasteiger partial charge >= 0.3 is 0 Å². The standard InChI is InChI=1S/C3H4N2.HNO/c1-2-5-3-4-1;1-2/h1-3H,(H,4,5);1H. The summed E-state index contributed by atoms with van der Waals surface area (Å²) in [5, 5.41) is 0. The van der Waals surface area contributed by atoms with Crippen molar-refractivity contribution in [2.24, 2.45) is 0 Å². The zero-order chi connectivity index (χ0) is 5.54. The fourth-order valence-electron chi connectivity index (χ4n) is 0.215. The molecule has 0 saturated heterocycles. The lowest BCUT2D eigenvalue weighted by molar-refractivity contribution is 1.31. The van der Waals surface area contributed by atoms with Gasteiger partial charge in [-0.1, -0.05) is 5.59 Å². The van der Waals surface area contributed by atoms with E-state index < -0.39 is 0 Å². The second-order valence-corrected chi connectivity index (χ2v) is 0.761. The average Bonchev–Trinajstić information content (AvgIpc) is 2.23. The van der Waals surface area contributed by atoms with Crippen LogP contribution in [0.3, 0.4) is 0 Å². The maximum atomic E-state index is 7.50. The van der Waals surface area contributed by atoms with Gasteiger partial charge < -0.3 is 4.98 Å². The number of nitrogens with one attached hydrogen (secondary N) is 2. The smallest absolute Gasteiger partial charge is 0.0919 e. The van der Waals surface area contributed by atoms with Crippen LogP contribution in [0.5, 0.6) is 0 Å². The van der Waals surface area contributed by atoms with E-state index in [9.17, 15) is 0 Å². The van der Waals surface area contributed by atoms with Gasteiger partial charge in [0.05, 0.1) is 6.33 Å². The largest absolute Gasteiger partial charge is 0.351 e. The molecule has 0 spiro atoms. The Hall–Kier alpha value is -1.19. The Labute approximate surface area is 40.4 Å².